The Labute approximate surface area is 147 Å². The van der Waals surface area contributed by atoms with Crippen molar-refractivity contribution in [2.24, 2.45) is 11.8 Å². The van der Waals surface area contributed by atoms with Crippen LogP contribution < -0.4 is 10.2 Å². The monoisotopic (exact) mass is 363 g/mol. The lowest BCUT2D eigenvalue weighted by Gasteiger charge is -2.29. The topological polar surface area (TPSA) is 86.8 Å². The van der Waals surface area contributed by atoms with Gasteiger partial charge in [-0.25, -0.2) is 8.42 Å². The Hall–Kier alpha value is -1.93. The fraction of sp³-hybridized carbons (Fsp3) is 0.529. The molecule has 2 atom stereocenters. The van der Waals surface area contributed by atoms with Gasteiger partial charge in [0.15, 0.2) is 0 Å². The zero-order valence-corrected chi connectivity index (χ0v) is 14.9. The number of amides is 2. The molecular formula is C17H21N3O4S. The summed E-state index contributed by atoms with van der Waals surface area (Å²) < 4.78 is 27.4. The molecule has 3 aliphatic heterocycles. The maximum absolute atomic E-state index is 13.0. The molecule has 8 heteroatoms. The van der Waals surface area contributed by atoms with Crippen molar-refractivity contribution in [2.75, 3.05) is 31.1 Å². The van der Waals surface area contributed by atoms with Crippen molar-refractivity contribution in [3.05, 3.63) is 23.8 Å². The fourth-order valence-electron chi connectivity index (χ4n) is 4.10. The van der Waals surface area contributed by atoms with E-state index in [1.165, 1.54) is 11.2 Å². The molecule has 25 heavy (non-hydrogen) atoms. The third-order valence-electron chi connectivity index (χ3n) is 5.47. The van der Waals surface area contributed by atoms with E-state index in [1.807, 2.05) is 0 Å². The van der Waals surface area contributed by atoms with Gasteiger partial charge in [0.2, 0.25) is 21.8 Å². The predicted octanol–water partition coefficient (Wildman–Crippen LogP) is 0.352. The predicted molar refractivity (Wildman–Crippen MR) is 91.5 cm³/mol. The van der Waals surface area contributed by atoms with Crippen molar-refractivity contribution < 1.29 is 18.0 Å². The highest BCUT2D eigenvalue weighted by Crippen LogP contribution is 2.34. The maximum atomic E-state index is 13.0. The molecule has 0 aliphatic carbocycles. The normalized spacial score (nSPS) is 26.3. The van der Waals surface area contributed by atoms with Crippen molar-refractivity contribution >= 4 is 27.5 Å². The van der Waals surface area contributed by atoms with E-state index in [2.05, 4.69) is 5.32 Å². The molecule has 2 amide bonds. The molecule has 0 aromatic heterocycles. The minimum atomic E-state index is -3.63. The van der Waals surface area contributed by atoms with Crippen LogP contribution in [0, 0.1) is 11.8 Å². The van der Waals surface area contributed by atoms with Crippen LogP contribution in [-0.2, 0) is 26.0 Å². The van der Waals surface area contributed by atoms with Gasteiger partial charge in [-0.2, -0.15) is 4.31 Å². The van der Waals surface area contributed by atoms with Gasteiger partial charge in [-0.05, 0) is 36.6 Å². The third kappa shape index (κ3) is 2.64. The quantitative estimate of drug-likeness (QED) is 0.822. The molecule has 1 N–H and O–H groups in total. The lowest BCUT2D eigenvalue weighted by Crippen LogP contribution is -2.35. The zero-order valence-electron chi connectivity index (χ0n) is 14.1. The Bertz CT molecular complexity index is 851. The molecule has 4 rings (SSSR count). The summed E-state index contributed by atoms with van der Waals surface area (Å²) in [4.78, 5) is 25.5. The fourth-order valence-corrected chi connectivity index (χ4v) is 5.68. The standard InChI is InChI=1S/C17H21N3O4S/c1-11(21)20-6-2-3-12-7-14(4-5-16(12)20)25(23,24)19-9-13-8-18-17(22)15(13)10-19/h4-5,7,13,15H,2-3,6,8-10H2,1H3,(H,18,22)/t13-,15+/m0/s1. The number of benzene rings is 1. The van der Waals surface area contributed by atoms with Crippen LogP contribution in [0.2, 0.25) is 0 Å². The molecule has 2 saturated heterocycles. The maximum Gasteiger partial charge on any atom is 0.243 e. The summed E-state index contributed by atoms with van der Waals surface area (Å²) in [5, 5.41) is 2.79. The van der Waals surface area contributed by atoms with Gasteiger partial charge in [-0.3, -0.25) is 9.59 Å². The van der Waals surface area contributed by atoms with Crippen molar-refractivity contribution in [3.63, 3.8) is 0 Å². The second-order valence-electron chi connectivity index (χ2n) is 7.00. The molecular weight excluding hydrogens is 342 g/mol. The number of aryl methyl sites for hydroxylation is 1. The van der Waals surface area contributed by atoms with E-state index in [-0.39, 0.29) is 35.1 Å². The van der Waals surface area contributed by atoms with E-state index in [0.717, 1.165) is 24.1 Å². The number of rotatable bonds is 2. The summed E-state index contributed by atoms with van der Waals surface area (Å²) in [6.45, 7) is 3.36. The van der Waals surface area contributed by atoms with Crippen molar-refractivity contribution in [1.82, 2.24) is 9.62 Å². The van der Waals surface area contributed by atoms with E-state index in [9.17, 15) is 18.0 Å². The second-order valence-corrected chi connectivity index (χ2v) is 8.94. The molecule has 1 aromatic carbocycles. The van der Waals surface area contributed by atoms with E-state index < -0.39 is 10.0 Å². The molecule has 0 spiro atoms. The first-order valence-corrected chi connectivity index (χ1v) is 10.0. The number of nitrogens with one attached hydrogen (secondary N) is 1. The number of hydrogen-bond acceptors (Lipinski definition) is 4. The Morgan fingerprint density at radius 2 is 2.08 bits per heavy atom. The average molecular weight is 363 g/mol. The van der Waals surface area contributed by atoms with Crippen LogP contribution in [0.4, 0.5) is 5.69 Å². The Morgan fingerprint density at radius 1 is 1.28 bits per heavy atom. The van der Waals surface area contributed by atoms with Crippen LogP contribution in [0.1, 0.15) is 18.9 Å². The van der Waals surface area contributed by atoms with Gasteiger partial charge >= 0.3 is 0 Å². The minimum Gasteiger partial charge on any atom is -0.355 e. The van der Waals surface area contributed by atoms with Crippen LogP contribution in [0.15, 0.2) is 23.1 Å². The van der Waals surface area contributed by atoms with Crippen LogP contribution >= 0.6 is 0 Å². The number of carbonyl (C=O) groups is 2. The van der Waals surface area contributed by atoms with Gasteiger partial charge in [-0.1, -0.05) is 0 Å². The molecule has 1 aromatic rings. The van der Waals surface area contributed by atoms with Crippen molar-refractivity contribution in [2.45, 2.75) is 24.7 Å². The molecule has 0 saturated carbocycles. The van der Waals surface area contributed by atoms with E-state index in [0.29, 0.717) is 19.6 Å². The van der Waals surface area contributed by atoms with Crippen molar-refractivity contribution in [3.8, 4) is 0 Å². The Balaban J connectivity index is 1.64. The molecule has 134 valence electrons. The number of hydrogen-bond donors (Lipinski definition) is 1. The number of fused-ring (bicyclic) bond motifs is 2. The third-order valence-corrected chi connectivity index (χ3v) is 7.30. The van der Waals surface area contributed by atoms with Gasteiger partial charge < -0.3 is 10.2 Å². The summed E-state index contributed by atoms with van der Waals surface area (Å²) in [6, 6.07) is 4.99. The van der Waals surface area contributed by atoms with Gasteiger partial charge in [0.05, 0.1) is 10.8 Å². The number of carbonyl (C=O) groups excluding carboxylic acids is 2. The summed E-state index contributed by atoms with van der Waals surface area (Å²) >= 11 is 0. The zero-order chi connectivity index (χ0) is 17.8. The van der Waals surface area contributed by atoms with Crippen LogP contribution in [0.3, 0.4) is 0 Å². The summed E-state index contributed by atoms with van der Waals surface area (Å²) in [7, 11) is -3.63. The molecule has 0 unspecified atom stereocenters. The van der Waals surface area contributed by atoms with Crippen LogP contribution in [-0.4, -0.2) is 50.7 Å². The highest BCUT2D eigenvalue weighted by molar-refractivity contribution is 7.89. The minimum absolute atomic E-state index is 0.0325. The second kappa shape index (κ2) is 5.81. The Morgan fingerprint density at radius 3 is 2.80 bits per heavy atom. The van der Waals surface area contributed by atoms with Gasteiger partial charge in [0, 0.05) is 44.7 Å². The summed E-state index contributed by atoms with van der Waals surface area (Å²) in [6.07, 6.45) is 1.58. The molecule has 3 heterocycles. The van der Waals surface area contributed by atoms with Gasteiger partial charge in [0.1, 0.15) is 0 Å². The number of anilines is 1. The lowest BCUT2D eigenvalue weighted by molar-refractivity contribution is -0.122. The van der Waals surface area contributed by atoms with Gasteiger partial charge in [-0.15, -0.1) is 0 Å². The largest absolute Gasteiger partial charge is 0.355 e. The SMILES string of the molecule is CC(=O)N1CCCc2cc(S(=O)(=O)N3C[C@@H]4CNC(=O)[C@@H]4C3)ccc21. The Kier molecular flexibility index (Phi) is 3.84. The molecule has 0 radical (unpaired) electrons. The first kappa shape index (κ1) is 16.5. The summed E-state index contributed by atoms with van der Waals surface area (Å²) in [5.74, 6) is -0.256. The number of sulfonamides is 1. The average Bonchev–Trinajstić information content (AvgIpc) is 3.16. The molecule has 3 aliphatic rings. The first-order valence-electron chi connectivity index (χ1n) is 8.57. The van der Waals surface area contributed by atoms with Crippen LogP contribution in [0.25, 0.3) is 0 Å². The smallest absolute Gasteiger partial charge is 0.243 e. The highest BCUT2D eigenvalue weighted by Gasteiger charge is 2.46. The molecule has 2 fully saturated rings. The van der Waals surface area contributed by atoms with E-state index >= 15 is 0 Å². The van der Waals surface area contributed by atoms with Gasteiger partial charge in [0.25, 0.3) is 0 Å². The molecule has 7 nitrogen and oxygen atoms in total. The first-order chi connectivity index (χ1) is 11.9. The van der Waals surface area contributed by atoms with E-state index in [1.54, 1.807) is 23.1 Å². The van der Waals surface area contributed by atoms with Crippen LogP contribution in [0.5, 0.6) is 0 Å². The summed E-state index contributed by atoms with van der Waals surface area (Å²) in [5.41, 5.74) is 1.69. The molecule has 0 bridgehead atoms. The van der Waals surface area contributed by atoms with Crippen molar-refractivity contribution in [1.29, 1.82) is 0 Å². The number of nitrogens with zero attached hydrogens (tertiary/aromatic N) is 2. The van der Waals surface area contributed by atoms with E-state index in [4.69, 9.17) is 0 Å². The highest BCUT2D eigenvalue weighted by atomic mass is 32.2. The lowest BCUT2D eigenvalue weighted by atomic mass is 10.0.